The Morgan fingerprint density at radius 1 is 1.35 bits per heavy atom. The molecule has 1 atom stereocenters. The molecule has 0 spiro atoms. The van der Waals surface area contributed by atoms with E-state index in [0.717, 1.165) is 13.1 Å². The molecule has 1 aromatic heterocycles. The lowest BCUT2D eigenvalue weighted by Crippen LogP contribution is -2.42. The molecule has 0 aliphatic carbocycles. The molecular weight excluding hydrogens is 232 g/mol. The number of hydrogen-bond donors (Lipinski definition) is 2. The fourth-order valence-corrected chi connectivity index (χ4v) is 2.24. The molecule has 1 rings (SSSR count). The van der Waals surface area contributed by atoms with Gasteiger partial charge in [0.05, 0.1) is 6.04 Å². The molecule has 1 aromatic rings. The molecular formula is C13H22N2OS. The van der Waals surface area contributed by atoms with Crippen LogP contribution in [0.3, 0.4) is 0 Å². The number of carbonyl (C=O) groups excluding carboxylic acids is 1. The lowest BCUT2D eigenvalue weighted by molar-refractivity contribution is -0.122. The van der Waals surface area contributed by atoms with Crippen molar-refractivity contribution < 1.29 is 4.79 Å². The normalized spacial score (nSPS) is 12.8. The predicted octanol–water partition coefficient (Wildman–Crippen LogP) is 2.31. The summed E-state index contributed by atoms with van der Waals surface area (Å²) in [7, 11) is 0. The van der Waals surface area contributed by atoms with Crippen LogP contribution in [0.2, 0.25) is 0 Å². The van der Waals surface area contributed by atoms with Crippen molar-refractivity contribution in [1.29, 1.82) is 0 Å². The van der Waals surface area contributed by atoms with E-state index in [9.17, 15) is 4.79 Å². The summed E-state index contributed by atoms with van der Waals surface area (Å²) in [4.78, 5) is 11.7. The molecule has 0 bridgehead atoms. The molecule has 0 aliphatic heterocycles. The summed E-state index contributed by atoms with van der Waals surface area (Å²) in [6.07, 6.45) is 0. The number of rotatable bonds is 6. The third-order valence-corrected chi connectivity index (χ3v) is 3.55. The second-order valence-corrected chi connectivity index (χ2v) is 5.57. The number of hydrogen-bond acceptors (Lipinski definition) is 3. The van der Waals surface area contributed by atoms with Crippen LogP contribution in [0.5, 0.6) is 0 Å². The van der Waals surface area contributed by atoms with Gasteiger partial charge in [0, 0.05) is 13.1 Å². The van der Waals surface area contributed by atoms with Gasteiger partial charge in [-0.2, -0.15) is 11.3 Å². The van der Waals surface area contributed by atoms with Crippen LogP contribution in [0.25, 0.3) is 0 Å². The summed E-state index contributed by atoms with van der Waals surface area (Å²) in [5.74, 6) is 0.567. The summed E-state index contributed by atoms with van der Waals surface area (Å²) in [5.41, 5.74) is 2.57. The monoisotopic (exact) mass is 254 g/mol. The average Bonchev–Trinajstić information content (AvgIpc) is 2.68. The summed E-state index contributed by atoms with van der Waals surface area (Å²) in [5, 5.41) is 10.4. The molecule has 2 N–H and O–H groups in total. The topological polar surface area (TPSA) is 41.1 Å². The van der Waals surface area contributed by atoms with Crippen LogP contribution in [0.1, 0.15) is 31.9 Å². The van der Waals surface area contributed by atoms with Gasteiger partial charge in [0.2, 0.25) is 5.91 Å². The molecule has 96 valence electrons. The van der Waals surface area contributed by atoms with Crippen LogP contribution in [-0.2, 0) is 11.3 Å². The summed E-state index contributed by atoms with van der Waals surface area (Å²) < 4.78 is 0. The molecule has 0 saturated carbocycles. The molecule has 3 nitrogen and oxygen atoms in total. The Bertz CT molecular complexity index is 360. The zero-order valence-corrected chi connectivity index (χ0v) is 11.9. The van der Waals surface area contributed by atoms with Crippen LogP contribution in [0, 0.1) is 12.8 Å². The third kappa shape index (κ3) is 4.88. The maximum absolute atomic E-state index is 11.7. The number of carbonyl (C=O) groups is 1. The largest absolute Gasteiger partial charge is 0.354 e. The van der Waals surface area contributed by atoms with Crippen molar-refractivity contribution in [2.45, 2.75) is 40.3 Å². The average molecular weight is 254 g/mol. The van der Waals surface area contributed by atoms with E-state index in [1.54, 1.807) is 11.3 Å². The number of nitrogens with one attached hydrogen (secondary N) is 2. The Morgan fingerprint density at radius 3 is 2.59 bits per heavy atom. The zero-order valence-electron chi connectivity index (χ0n) is 11.0. The van der Waals surface area contributed by atoms with Gasteiger partial charge in [-0.25, -0.2) is 0 Å². The summed E-state index contributed by atoms with van der Waals surface area (Å²) in [6, 6.07) is -0.145. The van der Waals surface area contributed by atoms with Gasteiger partial charge < -0.3 is 10.6 Å². The van der Waals surface area contributed by atoms with E-state index in [2.05, 4.69) is 42.2 Å². The highest BCUT2D eigenvalue weighted by molar-refractivity contribution is 7.08. The second kappa shape index (κ2) is 6.77. The predicted molar refractivity (Wildman–Crippen MR) is 73.2 cm³/mol. The van der Waals surface area contributed by atoms with Crippen molar-refractivity contribution in [3.05, 3.63) is 21.9 Å². The minimum Gasteiger partial charge on any atom is -0.354 e. The van der Waals surface area contributed by atoms with Crippen LogP contribution in [-0.4, -0.2) is 18.5 Å². The minimum absolute atomic E-state index is 0.0755. The van der Waals surface area contributed by atoms with Gasteiger partial charge in [-0.1, -0.05) is 13.8 Å². The van der Waals surface area contributed by atoms with Gasteiger partial charge in [0.1, 0.15) is 0 Å². The minimum atomic E-state index is -0.145. The molecule has 1 amide bonds. The van der Waals surface area contributed by atoms with Crippen molar-refractivity contribution in [3.8, 4) is 0 Å². The molecule has 0 aromatic carbocycles. The molecule has 1 heterocycles. The third-order valence-electron chi connectivity index (χ3n) is 2.64. The maximum atomic E-state index is 11.7. The van der Waals surface area contributed by atoms with E-state index in [-0.39, 0.29) is 11.9 Å². The van der Waals surface area contributed by atoms with Crippen molar-refractivity contribution in [2.24, 2.45) is 5.92 Å². The zero-order chi connectivity index (χ0) is 12.8. The fourth-order valence-electron chi connectivity index (χ4n) is 1.38. The first-order valence-corrected chi connectivity index (χ1v) is 6.97. The molecule has 17 heavy (non-hydrogen) atoms. The molecule has 0 radical (unpaired) electrons. The molecule has 0 aliphatic rings. The summed E-state index contributed by atoms with van der Waals surface area (Å²) in [6.45, 7) is 9.67. The second-order valence-electron chi connectivity index (χ2n) is 4.82. The van der Waals surface area contributed by atoms with E-state index in [1.165, 1.54) is 11.1 Å². The van der Waals surface area contributed by atoms with E-state index in [4.69, 9.17) is 0 Å². The Labute approximate surface area is 108 Å². The van der Waals surface area contributed by atoms with Crippen molar-refractivity contribution >= 4 is 17.2 Å². The van der Waals surface area contributed by atoms with Gasteiger partial charge in [0.15, 0.2) is 0 Å². The lowest BCUT2D eigenvalue weighted by atomic mass is 10.2. The van der Waals surface area contributed by atoms with Crippen molar-refractivity contribution in [3.63, 3.8) is 0 Å². The highest BCUT2D eigenvalue weighted by Crippen LogP contribution is 2.13. The maximum Gasteiger partial charge on any atom is 0.236 e. The first-order valence-electron chi connectivity index (χ1n) is 6.03. The smallest absolute Gasteiger partial charge is 0.236 e. The van der Waals surface area contributed by atoms with E-state index in [0.29, 0.717) is 5.92 Å². The van der Waals surface area contributed by atoms with Crippen LogP contribution in [0.15, 0.2) is 10.8 Å². The SMILES string of the molecule is Cc1cscc1CNC(C)C(=O)NCC(C)C. The fraction of sp³-hybridized carbons (Fsp3) is 0.615. The highest BCUT2D eigenvalue weighted by atomic mass is 32.1. The van der Waals surface area contributed by atoms with Gasteiger partial charge in [-0.05, 0) is 41.7 Å². The van der Waals surface area contributed by atoms with Gasteiger partial charge >= 0.3 is 0 Å². The molecule has 4 heteroatoms. The first kappa shape index (κ1) is 14.2. The lowest BCUT2D eigenvalue weighted by Gasteiger charge is -2.15. The van der Waals surface area contributed by atoms with Crippen LogP contribution >= 0.6 is 11.3 Å². The Kier molecular flexibility index (Phi) is 5.65. The standard InChI is InChI=1S/C13H22N2OS/c1-9(2)5-15-13(16)11(4)14-6-12-8-17-7-10(12)3/h7-9,11,14H,5-6H2,1-4H3,(H,15,16). The van der Waals surface area contributed by atoms with Crippen molar-refractivity contribution in [1.82, 2.24) is 10.6 Å². The quantitative estimate of drug-likeness (QED) is 0.818. The van der Waals surface area contributed by atoms with Crippen LogP contribution in [0.4, 0.5) is 0 Å². The highest BCUT2D eigenvalue weighted by Gasteiger charge is 2.12. The van der Waals surface area contributed by atoms with E-state index < -0.39 is 0 Å². The molecule has 0 fully saturated rings. The van der Waals surface area contributed by atoms with E-state index >= 15 is 0 Å². The van der Waals surface area contributed by atoms with Gasteiger partial charge in [-0.3, -0.25) is 4.79 Å². The molecule has 0 saturated heterocycles. The Morgan fingerprint density at radius 2 is 2.06 bits per heavy atom. The number of thiophene rings is 1. The number of aryl methyl sites for hydroxylation is 1. The summed E-state index contributed by atoms with van der Waals surface area (Å²) >= 11 is 1.70. The number of amides is 1. The Hall–Kier alpha value is -0.870. The van der Waals surface area contributed by atoms with E-state index in [1.807, 2.05) is 6.92 Å². The van der Waals surface area contributed by atoms with Crippen LogP contribution < -0.4 is 10.6 Å². The molecule has 1 unspecified atom stereocenters. The van der Waals surface area contributed by atoms with Crippen molar-refractivity contribution in [2.75, 3.05) is 6.54 Å². The van der Waals surface area contributed by atoms with Gasteiger partial charge in [0.25, 0.3) is 0 Å². The van der Waals surface area contributed by atoms with Gasteiger partial charge in [-0.15, -0.1) is 0 Å². The Balaban J connectivity index is 2.31. The first-order chi connectivity index (χ1) is 8.00.